The van der Waals surface area contributed by atoms with Crippen molar-refractivity contribution in [1.29, 1.82) is 0 Å². The normalized spacial score (nSPS) is 10.8. The van der Waals surface area contributed by atoms with Gasteiger partial charge < -0.3 is 4.74 Å². The maximum atomic E-state index is 11.3. The zero-order chi connectivity index (χ0) is 12.2. The van der Waals surface area contributed by atoms with Crippen molar-refractivity contribution in [2.75, 3.05) is 5.43 Å². The first-order chi connectivity index (χ1) is 7.38. The highest BCUT2D eigenvalue weighted by atomic mass is 16.6. The molecule has 0 heterocycles. The monoisotopic (exact) mass is 222 g/mol. The quantitative estimate of drug-likeness (QED) is 0.756. The van der Waals surface area contributed by atoms with Crippen molar-refractivity contribution in [3.63, 3.8) is 0 Å². The first kappa shape index (κ1) is 12.4. The maximum absolute atomic E-state index is 11.3. The molecule has 1 aromatic rings. The number of nitrogens with one attached hydrogen (secondary N) is 2. The second-order valence-electron chi connectivity index (χ2n) is 4.57. The number of benzene rings is 1. The van der Waals surface area contributed by atoms with Crippen molar-refractivity contribution in [3.8, 4) is 0 Å². The second-order valence-corrected chi connectivity index (χ2v) is 4.57. The Labute approximate surface area is 96.0 Å². The van der Waals surface area contributed by atoms with Gasteiger partial charge in [0.05, 0.1) is 5.69 Å². The number of hydrazine groups is 1. The third kappa shape index (κ3) is 4.21. The highest BCUT2D eigenvalue weighted by molar-refractivity contribution is 5.70. The molecule has 0 aromatic heterocycles. The van der Waals surface area contributed by atoms with Gasteiger partial charge in [-0.05, 0) is 39.3 Å². The van der Waals surface area contributed by atoms with E-state index in [0.29, 0.717) is 0 Å². The Morgan fingerprint density at radius 3 is 2.44 bits per heavy atom. The van der Waals surface area contributed by atoms with Gasteiger partial charge in [-0.1, -0.05) is 18.2 Å². The van der Waals surface area contributed by atoms with Gasteiger partial charge in [-0.15, -0.1) is 0 Å². The topological polar surface area (TPSA) is 50.4 Å². The summed E-state index contributed by atoms with van der Waals surface area (Å²) in [6.07, 6.45) is -0.490. The summed E-state index contributed by atoms with van der Waals surface area (Å²) in [5, 5.41) is 0. The van der Waals surface area contributed by atoms with Gasteiger partial charge in [-0.2, -0.15) is 0 Å². The van der Waals surface area contributed by atoms with E-state index in [1.165, 1.54) is 0 Å². The largest absolute Gasteiger partial charge is 0.443 e. The molecule has 0 fully saturated rings. The molecule has 2 N–H and O–H groups in total. The standard InChI is InChI=1S/C12H18N2O2/c1-9-7-5-6-8-10(9)13-14-11(15)16-12(2,3)4/h5-8,13H,1-4H3,(H,14,15). The number of carbonyl (C=O) groups is 1. The van der Waals surface area contributed by atoms with Crippen LogP contribution in [0.15, 0.2) is 24.3 Å². The molecule has 1 aromatic carbocycles. The molecule has 0 saturated heterocycles. The van der Waals surface area contributed by atoms with E-state index in [1.54, 1.807) is 0 Å². The van der Waals surface area contributed by atoms with Gasteiger partial charge in [0.2, 0.25) is 0 Å². The fraction of sp³-hybridized carbons (Fsp3) is 0.417. The minimum Gasteiger partial charge on any atom is -0.443 e. The van der Waals surface area contributed by atoms with Crippen LogP contribution in [0.4, 0.5) is 10.5 Å². The first-order valence-electron chi connectivity index (χ1n) is 5.19. The molecule has 0 saturated carbocycles. The van der Waals surface area contributed by atoms with Gasteiger partial charge in [0, 0.05) is 0 Å². The Bertz CT molecular complexity index is 370. The smallest absolute Gasteiger partial charge is 0.426 e. The van der Waals surface area contributed by atoms with Crippen LogP contribution in [0.3, 0.4) is 0 Å². The van der Waals surface area contributed by atoms with Crippen LogP contribution in [-0.2, 0) is 4.74 Å². The fourth-order valence-electron chi connectivity index (χ4n) is 1.14. The number of aryl methyl sites for hydroxylation is 1. The van der Waals surface area contributed by atoms with Crippen LogP contribution in [0.1, 0.15) is 26.3 Å². The van der Waals surface area contributed by atoms with Gasteiger partial charge in [0.25, 0.3) is 0 Å². The maximum Gasteiger partial charge on any atom is 0.426 e. The Morgan fingerprint density at radius 1 is 1.25 bits per heavy atom. The molecule has 0 aliphatic carbocycles. The summed E-state index contributed by atoms with van der Waals surface area (Å²) in [5.41, 5.74) is 6.72. The van der Waals surface area contributed by atoms with E-state index < -0.39 is 11.7 Å². The number of amides is 1. The number of para-hydroxylation sites is 1. The SMILES string of the molecule is Cc1ccccc1NNC(=O)OC(C)(C)C. The van der Waals surface area contributed by atoms with Crippen LogP contribution in [0.25, 0.3) is 0 Å². The Balaban J connectivity index is 2.47. The lowest BCUT2D eigenvalue weighted by molar-refractivity contribution is 0.0541. The predicted molar refractivity (Wildman–Crippen MR) is 64.2 cm³/mol. The zero-order valence-electron chi connectivity index (χ0n) is 10.1. The molecule has 0 unspecified atom stereocenters. The summed E-state index contributed by atoms with van der Waals surface area (Å²) in [4.78, 5) is 11.3. The van der Waals surface area contributed by atoms with Crippen molar-refractivity contribution in [2.45, 2.75) is 33.3 Å². The number of hydrogen-bond acceptors (Lipinski definition) is 3. The van der Waals surface area contributed by atoms with Crippen LogP contribution in [0.5, 0.6) is 0 Å². The van der Waals surface area contributed by atoms with Gasteiger partial charge in [-0.25, -0.2) is 10.2 Å². The molecule has 0 bridgehead atoms. The van der Waals surface area contributed by atoms with E-state index in [-0.39, 0.29) is 0 Å². The lowest BCUT2D eigenvalue weighted by Gasteiger charge is -2.20. The second kappa shape index (κ2) is 4.88. The van der Waals surface area contributed by atoms with Crippen LogP contribution in [0.2, 0.25) is 0 Å². The van der Waals surface area contributed by atoms with Crippen molar-refractivity contribution in [1.82, 2.24) is 5.43 Å². The summed E-state index contributed by atoms with van der Waals surface area (Å²) >= 11 is 0. The van der Waals surface area contributed by atoms with Crippen LogP contribution >= 0.6 is 0 Å². The van der Waals surface area contributed by atoms with Gasteiger partial charge in [-0.3, -0.25) is 5.43 Å². The molecule has 0 aliphatic rings. The molecule has 1 rings (SSSR count). The van der Waals surface area contributed by atoms with Crippen LogP contribution in [-0.4, -0.2) is 11.7 Å². The average Bonchev–Trinajstić information content (AvgIpc) is 2.14. The van der Waals surface area contributed by atoms with E-state index in [4.69, 9.17) is 4.74 Å². The number of anilines is 1. The molecule has 16 heavy (non-hydrogen) atoms. The molecule has 0 atom stereocenters. The minimum absolute atomic E-state index is 0.489. The van der Waals surface area contributed by atoms with Gasteiger partial charge in [0.1, 0.15) is 5.60 Å². The van der Waals surface area contributed by atoms with E-state index in [9.17, 15) is 4.79 Å². The zero-order valence-corrected chi connectivity index (χ0v) is 10.1. The van der Waals surface area contributed by atoms with Crippen molar-refractivity contribution >= 4 is 11.8 Å². The van der Waals surface area contributed by atoms with E-state index >= 15 is 0 Å². The fourth-order valence-corrected chi connectivity index (χ4v) is 1.14. The molecular weight excluding hydrogens is 204 g/mol. The molecule has 1 amide bonds. The average molecular weight is 222 g/mol. The molecular formula is C12H18N2O2. The van der Waals surface area contributed by atoms with E-state index in [0.717, 1.165) is 11.3 Å². The molecule has 0 aliphatic heterocycles. The number of ether oxygens (including phenoxy) is 1. The van der Waals surface area contributed by atoms with Gasteiger partial charge >= 0.3 is 6.09 Å². The lowest BCUT2D eigenvalue weighted by atomic mass is 10.2. The van der Waals surface area contributed by atoms with E-state index in [2.05, 4.69) is 10.9 Å². The summed E-state index contributed by atoms with van der Waals surface area (Å²) in [5.74, 6) is 0. The van der Waals surface area contributed by atoms with Gasteiger partial charge in [0.15, 0.2) is 0 Å². The third-order valence-electron chi connectivity index (χ3n) is 1.84. The van der Waals surface area contributed by atoms with Crippen LogP contribution in [0, 0.1) is 6.92 Å². The predicted octanol–water partition coefficient (Wildman–Crippen LogP) is 2.85. The third-order valence-corrected chi connectivity index (χ3v) is 1.84. The van der Waals surface area contributed by atoms with Crippen molar-refractivity contribution in [2.24, 2.45) is 0 Å². The lowest BCUT2D eigenvalue weighted by Crippen LogP contribution is -2.35. The Morgan fingerprint density at radius 2 is 1.88 bits per heavy atom. The number of rotatable bonds is 2. The molecule has 0 spiro atoms. The first-order valence-corrected chi connectivity index (χ1v) is 5.19. The summed E-state index contributed by atoms with van der Waals surface area (Å²) in [6, 6.07) is 7.67. The summed E-state index contributed by atoms with van der Waals surface area (Å²) in [7, 11) is 0. The molecule has 88 valence electrons. The summed E-state index contributed by atoms with van der Waals surface area (Å²) in [6.45, 7) is 7.42. The minimum atomic E-state index is -0.490. The summed E-state index contributed by atoms with van der Waals surface area (Å²) < 4.78 is 5.09. The highest BCUT2D eigenvalue weighted by Crippen LogP contribution is 2.12. The molecule has 4 nitrogen and oxygen atoms in total. The van der Waals surface area contributed by atoms with E-state index in [1.807, 2.05) is 52.0 Å². The Kier molecular flexibility index (Phi) is 3.77. The highest BCUT2D eigenvalue weighted by Gasteiger charge is 2.15. The Hall–Kier alpha value is -1.71. The molecule has 4 heteroatoms. The molecule has 0 radical (unpaired) electrons. The van der Waals surface area contributed by atoms with Crippen molar-refractivity contribution in [3.05, 3.63) is 29.8 Å². The van der Waals surface area contributed by atoms with Crippen LogP contribution < -0.4 is 10.9 Å². The number of hydrogen-bond donors (Lipinski definition) is 2. The number of carbonyl (C=O) groups excluding carboxylic acids is 1. The van der Waals surface area contributed by atoms with Crippen molar-refractivity contribution < 1.29 is 9.53 Å².